The Kier molecular flexibility index (Phi) is 4.64. The quantitative estimate of drug-likeness (QED) is 0.572. The van der Waals surface area contributed by atoms with Crippen LogP contribution < -0.4 is 0 Å². The van der Waals surface area contributed by atoms with Crippen LogP contribution in [0.1, 0.15) is 66.2 Å². The van der Waals surface area contributed by atoms with Gasteiger partial charge in [-0.3, -0.25) is 9.48 Å². The Labute approximate surface area is 171 Å². The number of halogens is 2. The Hall–Kier alpha value is -2.88. The minimum absolute atomic E-state index is 0.0495. The van der Waals surface area contributed by atoms with Gasteiger partial charge < -0.3 is 14.5 Å². The molecule has 0 unspecified atom stereocenters. The van der Waals surface area contributed by atoms with Crippen LogP contribution in [0.5, 0.6) is 0 Å². The first-order chi connectivity index (χ1) is 14.1. The van der Waals surface area contributed by atoms with Crippen molar-refractivity contribution in [2.75, 3.05) is 6.54 Å². The molecule has 0 bridgehead atoms. The molecule has 0 saturated heterocycles. The number of fused-ring (bicyclic) bond motifs is 1. The van der Waals surface area contributed by atoms with Crippen molar-refractivity contribution in [1.82, 2.24) is 19.8 Å². The second kappa shape index (κ2) is 6.83. The molecule has 1 N–H and O–H groups in total. The van der Waals surface area contributed by atoms with E-state index in [0.717, 1.165) is 19.8 Å². The van der Waals surface area contributed by atoms with Gasteiger partial charge in [0, 0.05) is 24.1 Å². The number of aromatic nitrogens is 3. The molecular formula is C20H23F2N5O3. The molecule has 3 heterocycles. The van der Waals surface area contributed by atoms with Crippen LogP contribution in [0, 0.1) is 0 Å². The van der Waals surface area contributed by atoms with E-state index >= 15 is 0 Å². The van der Waals surface area contributed by atoms with Gasteiger partial charge in [-0.25, -0.2) is 4.99 Å². The van der Waals surface area contributed by atoms with E-state index in [2.05, 4.69) is 28.5 Å². The van der Waals surface area contributed by atoms with Gasteiger partial charge in [0.15, 0.2) is 17.2 Å². The van der Waals surface area contributed by atoms with Gasteiger partial charge in [0.1, 0.15) is 11.4 Å². The minimum Gasteiger partial charge on any atom is -0.377 e. The van der Waals surface area contributed by atoms with E-state index in [1.807, 2.05) is 0 Å². The van der Waals surface area contributed by atoms with Crippen molar-refractivity contribution in [2.24, 2.45) is 4.99 Å². The van der Waals surface area contributed by atoms with Gasteiger partial charge >= 0.3 is 0 Å². The number of carbonyl (C=O) groups is 1. The van der Waals surface area contributed by atoms with E-state index < -0.39 is 11.5 Å². The summed E-state index contributed by atoms with van der Waals surface area (Å²) in [6.45, 7) is 9.63. The fraction of sp³-hybridized carbons (Fsp3) is 0.500. The zero-order valence-electron chi connectivity index (χ0n) is 16.8. The van der Waals surface area contributed by atoms with Crippen molar-refractivity contribution in [1.29, 1.82) is 0 Å². The molecule has 2 aromatic heterocycles. The van der Waals surface area contributed by atoms with Crippen molar-refractivity contribution in [2.45, 2.75) is 56.7 Å². The summed E-state index contributed by atoms with van der Waals surface area (Å²) in [7, 11) is 0. The van der Waals surface area contributed by atoms with E-state index in [1.54, 1.807) is 22.6 Å². The SMILES string of the molecule is C=CC(F)(F)[C@](C)(O)c1noc2c1[C@@H](C)CN(C(=O)c1cc(N=C)nn1C1CC1)C2. The number of rotatable bonds is 6. The molecule has 1 aliphatic carbocycles. The van der Waals surface area contributed by atoms with Crippen molar-refractivity contribution < 1.29 is 23.2 Å². The monoisotopic (exact) mass is 419 g/mol. The van der Waals surface area contributed by atoms with Crippen LogP contribution in [0.3, 0.4) is 0 Å². The van der Waals surface area contributed by atoms with E-state index in [-0.39, 0.29) is 42.4 Å². The predicted molar refractivity (Wildman–Crippen MR) is 104 cm³/mol. The van der Waals surface area contributed by atoms with Gasteiger partial charge in [-0.2, -0.15) is 13.9 Å². The first-order valence-corrected chi connectivity index (χ1v) is 9.69. The normalized spacial score (nSPS) is 21.1. The van der Waals surface area contributed by atoms with E-state index in [0.29, 0.717) is 23.2 Å². The number of nitrogens with zero attached hydrogens (tertiary/aromatic N) is 5. The molecule has 2 aliphatic rings. The zero-order chi connectivity index (χ0) is 21.8. The van der Waals surface area contributed by atoms with Gasteiger partial charge in [0.2, 0.25) is 0 Å². The molecule has 30 heavy (non-hydrogen) atoms. The molecule has 0 spiro atoms. The van der Waals surface area contributed by atoms with Gasteiger partial charge in [0.25, 0.3) is 11.8 Å². The average molecular weight is 419 g/mol. The first kappa shape index (κ1) is 20.4. The summed E-state index contributed by atoms with van der Waals surface area (Å²) in [6, 6.07) is 1.76. The zero-order valence-corrected chi connectivity index (χ0v) is 16.8. The Bertz CT molecular complexity index is 1020. The van der Waals surface area contributed by atoms with Crippen LogP contribution in [0.2, 0.25) is 0 Å². The molecule has 0 radical (unpaired) electrons. The molecule has 8 nitrogen and oxygen atoms in total. The van der Waals surface area contributed by atoms with Crippen LogP contribution in [-0.4, -0.2) is 50.0 Å². The Balaban J connectivity index is 1.65. The summed E-state index contributed by atoms with van der Waals surface area (Å²) in [5, 5.41) is 18.6. The van der Waals surface area contributed by atoms with Crippen molar-refractivity contribution in [3.05, 3.63) is 41.4 Å². The molecule has 10 heteroatoms. The van der Waals surface area contributed by atoms with Gasteiger partial charge in [-0.15, -0.1) is 0 Å². The van der Waals surface area contributed by atoms with Crippen LogP contribution in [0.15, 0.2) is 28.2 Å². The summed E-state index contributed by atoms with van der Waals surface area (Å²) in [4.78, 5) is 18.6. The molecule has 1 amide bonds. The van der Waals surface area contributed by atoms with Crippen molar-refractivity contribution in [3.8, 4) is 0 Å². The van der Waals surface area contributed by atoms with E-state index in [1.165, 1.54) is 0 Å². The third-order valence-corrected chi connectivity index (χ3v) is 5.77. The Morgan fingerprint density at radius 1 is 1.47 bits per heavy atom. The molecule has 0 aromatic carbocycles. The highest BCUT2D eigenvalue weighted by Crippen LogP contribution is 2.44. The Morgan fingerprint density at radius 2 is 2.17 bits per heavy atom. The van der Waals surface area contributed by atoms with Gasteiger partial charge in [0.05, 0.1) is 12.6 Å². The number of hydrogen-bond acceptors (Lipinski definition) is 6. The number of aliphatic imine (C=N–C) groups is 1. The summed E-state index contributed by atoms with van der Waals surface area (Å²) in [5.41, 5.74) is -2.01. The van der Waals surface area contributed by atoms with Crippen LogP contribution in [-0.2, 0) is 12.1 Å². The third-order valence-electron chi connectivity index (χ3n) is 5.77. The fourth-order valence-corrected chi connectivity index (χ4v) is 3.85. The lowest BCUT2D eigenvalue weighted by molar-refractivity contribution is -0.148. The number of carbonyl (C=O) groups excluding carboxylic acids is 1. The molecular weight excluding hydrogens is 396 g/mol. The number of hydrogen-bond donors (Lipinski definition) is 1. The highest BCUT2D eigenvalue weighted by Gasteiger charge is 2.52. The van der Waals surface area contributed by atoms with E-state index in [4.69, 9.17) is 4.52 Å². The van der Waals surface area contributed by atoms with E-state index in [9.17, 15) is 18.7 Å². The number of amides is 1. The first-order valence-electron chi connectivity index (χ1n) is 9.69. The lowest BCUT2D eigenvalue weighted by atomic mass is 9.84. The highest BCUT2D eigenvalue weighted by atomic mass is 19.3. The summed E-state index contributed by atoms with van der Waals surface area (Å²) >= 11 is 0. The maximum absolute atomic E-state index is 14.2. The molecule has 2 aromatic rings. The summed E-state index contributed by atoms with van der Waals surface area (Å²) in [5.74, 6) is -3.59. The van der Waals surface area contributed by atoms with Gasteiger partial charge in [-0.05, 0) is 32.6 Å². The maximum Gasteiger partial charge on any atom is 0.299 e. The number of alkyl halides is 2. The second-order valence-electron chi connectivity index (χ2n) is 8.08. The molecule has 1 aliphatic heterocycles. The predicted octanol–water partition coefficient (Wildman–Crippen LogP) is 3.33. The van der Waals surface area contributed by atoms with Crippen LogP contribution >= 0.6 is 0 Å². The highest BCUT2D eigenvalue weighted by molar-refractivity contribution is 5.93. The molecule has 2 atom stereocenters. The smallest absolute Gasteiger partial charge is 0.299 e. The van der Waals surface area contributed by atoms with Crippen molar-refractivity contribution in [3.63, 3.8) is 0 Å². The van der Waals surface area contributed by atoms with Crippen molar-refractivity contribution >= 4 is 18.4 Å². The molecule has 1 saturated carbocycles. The third kappa shape index (κ3) is 3.06. The maximum atomic E-state index is 14.2. The topological polar surface area (TPSA) is 96.8 Å². The summed E-state index contributed by atoms with van der Waals surface area (Å²) < 4.78 is 35.5. The summed E-state index contributed by atoms with van der Waals surface area (Å²) in [6.07, 6.45) is 2.27. The van der Waals surface area contributed by atoms with Crippen LogP contribution in [0.4, 0.5) is 14.6 Å². The Morgan fingerprint density at radius 3 is 2.77 bits per heavy atom. The van der Waals surface area contributed by atoms with Crippen LogP contribution in [0.25, 0.3) is 0 Å². The standard InChI is InChI=1S/C20H23F2N5O3/c1-5-20(21,22)19(3,29)17-16-11(2)9-26(10-14(16)30-25-17)18(28)13-8-15(23-4)24-27(13)12-6-7-12/h5,8,11-12,29H,1,4,6-7,9-10H2,2-3H3/t11-,19+/m0/s1. The lowest BCUT2D eigenvalue weighted by Crippen LogP contribution is -2.44. The average Bonchev–Trinajstić information content (AvgIpc) is 3.30. The minimum atomic E-state index is -3.60. The molecule has 4 rings (SSSR count). The second-order valence-corrected chi connectivity index (χ2v) is 8.08. The molecule has 160 valence electrons. The number of aliphatic hydroxyl groups is 1. The largest absolute Gasteiger partial charge is 0.377 e. The molecule has 1 fully saturated rings. The van der Waals surface area contributed by atoms with Gasteiger partial charge in [-0.1, -0.05) is 18.7 Å². The lowest BCUT2D eigenvalue weighted by Gasteiger charge is -2.33. The fourth-order valence-electron chi connectivity index (χ4n) is 3.85.